The molecule has 1 unspecified atom stereocenters. The Bertz CT molecular complexity index is 726. The third-order valence-corrected chi connectivity index (χ3v) is 5.20. The highest BCUT2D eigenvalue weighted by atomic mass is 16.2. The summed E-state index contributed by atoms with van der Waals surface area (Å²) < 4.78 is 2.00. The zero-order valence-electron chi connectivity index (χ0n) is 16.3. The summed E-state index contributed by atoms with van der Waals surface area (Å²) in [6, 6.07) is 1.98. The van der Waals surface area contributed by atoms with E-state index < -0.39 is 0 Å². The normalized spacial score (nSPS) is 17.0. The van der Waals surface area contributed by atoms with Gasteiger partial charge in [0.1, 0.15) is 11.9 Å². The van der Waals surface area contributed by atoms with Crippen LogP contribution in [-0.4, -0.2) is 62.6 Å². The number of amides is 1. The average Bonchev–Trinajstić information content (AvgIpc) is 3.29. The lowest BCUT2D eigenvalue weighted by atomic mass is 9.93. The molecule has 2 aromatic heterocycles. The van der Waals surface area contributed by atoms with Gasteiger partial charge in [0.05, 0.1) is 5.69 Å². The molecule has 0 bridgehead atoms. The van der Waals surface area contributed by atoms with E-state index in [-0.39, 0.29) is 11.9 Å². The van der Waals surface area contributed by atoms with Crippen molar-refractivity contribution >= 4 is 5.91 Å². The van der Waals surface area contributed by atoms with Gasteiger partial charge in [-0.1, -0.05) is 6.92 Å². The number of aromatic nitrogens is 4. The van der Waals surface area contributed by atoms with Crippen molar-refractivity contribution < 1.29 is 4.79 Å². The molecule has 1 fully saturated rings. The molecule has 1 N–H and O–H groups in total. The molecule has 7 nitrogen and oxygen atoms in total. The van der Waals surface area contributed by atoms with Crippen molar-refractivity contribution in [2.75, 3.05) is 27.2 Å². The maximum absolute atomic E-state index is 12.9. The highest BCUT2D eigenvalue weighted by molar-refractivity contribution is 5.80. The minimum atomic E-state index is -0.193. The van der Waals surface area contributed by atoms with Gasteiger partial charge in [0.15, 0.2) is 0 Å². The standard InChI is InChI=1S/C19H30N6O/c1-5-18-20-8-11-25(18)14(2)19(26)24-9-6-15(7-10-24)17-12-16(21-22-17)13-23(3)4/h8,11-12,14-15H,5-7,9-10,13H2,1-4H3,(H,21,22). The van der Waals surface area contributed by atoms with Gasteiger partial charge >= 0.3 is 0 Å². The Morgan fingerprint density at radius 3 is 2.77 bits per heavy atom. The quantitative estimate of drug-likeness (QED) is 0.859. The minimum Gasteiger partial charge on any atom is -0.341 e. The van der Waals surface area contributed by atoms with Crippen LogP contribution in [0, 0.1) is 0 Å². The third-order valence-electron chi connectivity index (χ3n) is 5.20. The molecule has 0 aliphatic carbocycles. The van der Waals surface area contributed by atoms with Crippen LogP contribution < -0.4 is 0 Å². The summed E-state index contributed by atoms with van der Waals surface area (Å²) in [6.45, 7) is 6.48. The summed E-state index contributed by atoms with van der Waals surface area (Å²) in [5.74, 6) is 1.58. The Hall–Kier alpha value is -2.15. The molecule has 3 heterocycles. The smallest absolute Gasteiger partial charge is 0.245 e. The number of carbonyl (C=O) groups excluding carboxylic acids is 1. The minimum absolute atomic E-state index is 0.187. The monoisotopic (exact) mass is 358 g/mol. The van der Waals surface area contributed by atoms with Crippen molar-refractivity contribution in [2.45, 2.75) is 51.6 Å². The zero-order chi connectivity index (χ0) is 18.7. The van der Waals surface area contributed by atoms with Crippen LogP contribution in [0.15, 0.2) is 18.5 Å². The van der Waals surface area contributed by atoms with E-state index >= 15 is 0 Å². The zero-order valence-corrected chi connectivity index (χ0v) is 16.3. The predicted octanol–water partition coefficient (Wildman–Crippen LogP) is 2.20. The molecule has 1 saturated heterocycles. The van der Waals surface area contributed by atoms with E-state index in [9.17, 15) is 4.79 Å². The number of rotatable bonds is 6. The van der Waals surface area contributed by atoms with Crippen molar-refractivity contribution in [3.05, 3.63) is 35.7 Å². The van der Waals surface area contributed by atoms with E-state index in [1.54, 1.807) is 6.20 Å². The molecule has 3 rings (SSSR count). The van der Waals surface area contributed by atoms with Gasteiger partial charge in [-0.05, 0) is 39.9 Å². The molecule has 1 aliphatic heterocycles. The number of hydrogen-bond acceptors (Lipinski definition) is 4. The fraction of sp³-hybridized carbons (Fsp3) is 0.632. The summed E-state index contributed by atoms with van der Waals surface area (Å²) in [5, 5.41) is 7.63. The second kappa shape index (κ2) is 8.03. The largest absolute Gasteiger partial charge is 0.341 e. The van der Waals surface area contributed by atoms with E-state index in [1.165, 1.54) is 0 Å². The molecule has 7 heteroatoms. The number of piperidine rings is 1. The Kier molecular flexibility index (Phi) is 5.76. The number of nitrogens with zero attached hydrogens (tertiary/aromatic N) is 5. The van der Waals surface area contributed by atoms with Crippen LogP contribution in [0.3, 0.4) is 0 Å². The second-order valence-corrected chi connectivity index (χ2v) is 7.44. The van der Waals surface area contributed by atoms with E-state index in [0.717, 1.165) is 56.1 Å². The van der Waals surface area contributed by atoms with Crippen molar-refractivity contribution in [3.63, 3.8) is 0 Å². The van der Waals surface area contributed by atoms with E-state index in [4.69, 9.17) is 0 Å². The van der Waals surface area contributed by atoms with E-state index in [0.29, 0.717) is 5.92 Å². The van der Waals surface area contributed by atoms with E-state index in [2.05, 4.69) is 47.2 Å². The van der Waals surface area contributed by atoms with Crippen LogP contribution in [0.1, 0.15) is 55.9 Å². The maximum Gasteiger partial charge on any atom is 0.245 e. The molecule has 0 saturated carbocycles. The van der Waals surface area contributed by atoms with Gasteiger partial charge in [-0.25, -0.2) is 4.98 Å². The number of nitrogens with one attached hydrogen (secondary N) is 1. The number of likely N-dealkylation sites (tertiary alicyclic amines) is 1. The molecule has 1 amide bonds. The number of hydrogen-bond donors (Lipinski definition) is 1. The molecule has 142 valence electrons. The molecular formula is C19H30N6O. The van der Waals surface area contributed by atoms with Crippen molar-refractivity contribution in [3.8, 4) is 0 Å². The van der Waals surface area contributed by atoms with Gasteiger partial charge in [0, 0.05) is 50.1 Å². The third kappa shape index (κ3) is 3.98. The van der Waals surface area contributed by atoms with E-state index in [1.807, 2.05) is 22.6 Å². The van der Waals surface area contributed by atoms with Crippen LogP contribution in [0.2, 0.25) is 0 Å². The molecule has 26 heavy (non-hydrogen) atoms. The molecule has 1 aliphatic rings. The SMILES string of the molecule is CCc1nccn1C(C)C(=O)N1CCC(c2cc(CN(C)C)[nH]n2)CC1. The Morgan fingerprint density at radius 1 is 1.38 bits per heavy atom. The molecule has 1 atom stereocenters. The first-order valence-electron chi connectivity index (χ1n) is 9.49. The fourth-order valence-electron chi connectivity index (χ4n) is 3.76. The van der Waals surface area contributed by atoms with Crippen LogP contribution in [-0.2, 0) is 17.8 Å². The Balaban J connectivity index is 1.58. The molecule has 0 aromatic carbocycles. The second-order valence-electron chi connectivity index (χ2n) is 7.44. The van der Waals surface area contributed by atoms with Gasteiger partial charge in [-0.2, -0.15) is 5.10 Å². The van der Waals surface area contributed by atoms with Gasteiger partial charge in [-0.15, -0.1) is 0 Å². The Morgan fingerprint density at radius 2 is 2.12 bits per heavy atom. The van der Waals surface area contributed by atoms with Crippen molar-refractivity contribution in [1.82, 2.24) is 29.5 Å². The summed E-state index contributed by atoms with van der Waals surface area (Å²) in [6.07, 6.45) is 6.45. The summed E-state index contributed by atoms with van der Waals surface area (Å²) in [5.41, 5.74) is 2.27. The van der Waals surface area contributed by atoms with Crippen molar-refractivity contribution in [2.24, 2.45) is 0 Å². The lowest BCUT2D eigenvalue weighted by Gasteiger charge is -2.33. The number of carbonyl (C=O) groups is 1. The number of aryl methyl sites for hydroxylation is 1. The van der Waals surface area contributed by atoms with Gasteiger partial charge in [0.2, 0.25) is 5.91 Å². The molecule has 2 aromatic rings. The highest BCUT2D eigenvalue weighted by Crippen LogP contribution is 2.28. The summed E-state index contributed by atoms with van der Waals surface area (Å²) in [4.78, 5) is 21.3. The number of aromatic amines is 1. The summed E-state index contributed by atoms with van der Waals surface area (Å²) in [7, 11) is 4.10. The topological polar surface area (TPSA) is 70.1 Å². The average molecular weight is 358 g/mol. The lowest BCUT2D eigenvalue weighted by Crippen LogP contribution is -2.41. The maximum atomic E-state index is 12.9. The number of imidazole rings is 1. The van der Waals surface area contributed by atoms with Crippen LogP contribution in [0.25, 0.3) is 0 Å². The fourth-order valence-corrected chi connectivity index (χ4v) is 3.76. The Labute approximate surface area is 155 Å². The van der Waals surface area contributed by atoms with Crippen LogP contribution in [0.4, 0.5) is 0 Å². The predicted molar refractivity (Wildman–Crippen MR) is 101 cm³/mol. The first-order valence-corrected chi connectivity index (χ1v) is 9.49. The summed E-state index contributed by atoms with van der Waals surface area (Å²) >= 11 is 0. The highest BCUT2D eigenvalue weighted by Gasteiger charge is 2.29. The van der Waals surface area contributed by atoms with Crippen LogP contribution in [0.5, 0.6) is 0 Å². The first-order chi connectivity index (χ1) is 12.5. The lowest BCUT2D eigenvalue weighted by molar-refractivity contribution is -0.135. The van der Waals surface area contributed by atoms with Gasteiger partial charge < -0.3 is 14.4 Å². The molecule has 0 radical (unpaired) electrons. The van der Waals surface area contributed by atoms with Gasteiger partial charge in [0.25, 0.3) is 0 Å². The number of H-pyrrole nitrogens is 1. The van der Waals surface area contributed by atoms with Gasteiger partial charge in [-0.3, -0.25) is 9.89 Å². The molecular weight excluding hydrogens is 328 g/mol. The van der Waals surface area contributed by atoms with Crippen LogP contribution >= 0.6 is 0 Å². The molecule has 0 spiro atoms. The van der Waals surface area contributed by atoms with Crippen molar-refractivity contribution in [1.29, 1.82) is 0 Å². The first kappa shape index (κ1) is 18.6.